The smallest absolute Gasteiger partial charge is 0.407 e. The molecule has 1 aliphatic rings. The molecular formula is C25H30N2O5S. The van der Waals surface area contributed by atoms with Crippen LogP contribution in [-0.4, -0.2) is 53.8 Å². The molecule has 0 bridgehead atoms. The van der Waals surface area contributed by atoms with Crippen molar-refractivity contribution < 1.29 is 24.2 Å². The molecule has 1 aliphatic carbocycles. The fourth-order valence-electron chi connectivity index (χ4n) is 4.10. The lowest BCUT2D eigenvalue weighted by Gasteiger charge is -2.22. The summed E-state index contributed by atoms with van der Waals surface area (Å²) in [5, 5.41) is 14.4. The third-order valence-corrected chi connectivity index (χ3v) is 6.47. The van der Waals surface area contributed by atoms with Gasteiger partial charge < -0.3 is 20.5 Å². The van der Waals surface area contributed by atoms with Crippen LogP contribution in [0.25, 0.3) is 11.1 Å². The van der Waals surface area contributed by atoms with E-state index in [-0.39, 0.29) is 18.9 Å². The Hall–Kier alpha value is -3.00. The van der Waals surface area contributed by atoms with E-state index in [4.69, 9.17) is 9.84 Å². The predicted octanol–water partition coefficient (Wildman–Crippen LogP) is 4.02. The van der Waals surface area contributed by atoms with Crippen molar-refractivity contribution in [3.63, 3.8) is 0 Å². The highest BCUT2D eigenvalue weighted by Crippen LogP contribution is 2.44. The van der Waals surface area contributed by atoms with Gasteiger partial charge in [0.2, 0.25) is 5.91 Å². The van der Waals surface area contributed by atoms with Crippen LogP contribution >= 0.6 is 11.8 Å². The van der Waals surface area contributed by atoms with Crippen LogP contribution in [0.2, 0.25) is 0 Å². The molecule has 3 N–H and O–H groups in total. The molecule has 0 aliphatic heterocycles. The van der Waals surface area contributed by atoms with Gasteiger partial charge in [0, 0.05) is 12.0 Å². The third-order valence-electron chi connectivity index (χ3n) is 5.82. The molecule has 0 fully saturated rings. The molecule has 176 valence electrons. The number of nitrogens with one attached hydrogen (secondary N) is 2. The summed E-state index contributed by atoms with van der Waals surface area (Å²) < 4.78 is 5.57. The fourth-order valence-corrected chi connectivity index (χ4v) is 4.57. The zero-order chi connectivity index (χ0) is 23.8. The number of carbonyl (C=O) groups is 3. The maximum atomic E-state index is 12.7. The third kappa shape index (κ3) is 6.28. The minimum atomic E-state index is -0.979. The highest BCUT2D eigenvalue weighted by molar-refractivity contribution is 7.98. The van der Waals surface area contributed by atoms with E-state index in [0.29, 0.717) is 18.6 Å². The average Bonchev–Trinajstić information content (AvgIpc) is 3.13. The van der Waals surface area contributed by atoms with Crippen molar-refractivity contribution in [3.8, 4) is 11.1 Å². The molecule has 0 spiro atoms. The maximum Gasteiger partial charge on any atom is 0.407 e. The van der Waals surface area contributed by atoms with E-state index in [2.05, 4.69) is 22.8 Å². The summed E-state index contributed by atoms with van der Waals surface area (Å²) in [6.45, 7) is 1.97. The van der Waals surface area contributed by atoms with Crippen molar-refractivity contribution in [1.29, 1.82) is 0 Å². The highest BCUT2D eigenvalue weighted by atomic mass is 32.2. The lowest BCUT2D eigenvalue weighted by Crippen LogP contribution is -2.50. The topological polar surface area (TPSA) is 105 Å². The van der Waals surface area contributed by atoms with Gasteiger partial charge in [-0.05, 0) is 47.1 Å². The predicted molar refractivity (Wildman–Crippen MR) is 129 cm³/mol. The van der Waals surface area contributed by atoms with Crippen molar-refractivity contribution in [1.82, 2.24) is 10.6 Å². The van der Waals surface area contributed by atoms with E-state index in [1.807, 2.05) is 49.6 Å². The SMILES string of the molecule is CC[C@H](CC(=O)O)NC(=O)[C@@H](CCSC)NC(=O)OCC1c2ccccc2-c2ccccc21. The Labute approximate surface area is 198 Å². The zero-order valence-electron chi connectivity index (χ0n) is 18.9. The number of fused-ring (bicyclic) bond motifs is 3. The summed E-state index contributed by atoms with van der Waals surface area (Å²) in [7, 11) is 0. The summed E-state index contributed by atoms with van der Waals surface area (Å²) in [5.41, 5.74) is 4.51. The lowest BCUT2D eigenvalue weighted by molar-refractivity contribution is -0.137. The molecule has 0 heterocycles. The molecule has 8 heteroatoms. The molecule has 0 radical (unpaired) electrons. The molecule has 2 aromatic rings. The van der Waals surface area contributed by atoms with Gasteiger partial charge in [-0.25, -0.2) is 4.79 Å². The van der Waals surface area contributed by atoms with E-state index in [0.717, 1.165) is 22.3 Å². The van der Waals surface area contributed by atoms with Gasteiger partial charge in [-0.15, -0.1) is 0 Å². The van der Waals surface area contributed by atoms with E-state index in [1.54, 1.807) is 11.8 Å². The maximum absolute atomic E-state index is 12.7. The Kier molecular flexibility index (Phi) is 8.77. The van der Waals surface area contributed by atoms with Crippen molar-refractivity contribution in [2.24, 2.45) is 0 Å². The number of alkyl carbamates (subject to hydrolysis) is 1. The quantitative estimate of drug-likeness (QED) is 0.458. The minimum Gasteiger partial charge on any atom is -0.481 e. The number of hydrogen-bond acceptors (Lipinski definition) is 5. The second kappa shape index (κ2) is 11.7. The fraction of sp³-hybridized carbons (Fsp3) is 0.400. The molecule has 0 aromatic heterocycles. The molecular weight excluding hydrogens is 440 g/mol. The summed E-state index contributed by atoms with van der Waals surface area (Å²) >= 11 is 1.56. The van der Waals surface area contributed by atoms with Crippen molar-refractivity contribution in [2.45, 2.75) is 44.2 Å². The van der Waals surface area contributed by atoms with Gasteiger partial charge in [0.1, 0.15) is 12.6 Å². The van der Waals surface area contributed by atoms with Crippen LogP contribution in [0.4, 0.5) is 4.79 Å². The van der Waals surface area contributed by atoms with Crippen molar-refractivity contribution >= 4 is 29.7 Å². The van der Waals surface area contributed by atoms with E-state index in [9.17, 15) is 14.4 Å². The number of amides is 2. The summed E-state index contributed by atoms with van der Waals surface area (Å²) in [6, 6.07) is 14.9. The van der Waals surface area contributed by atoms with E-state index in [1.165, 1.54) is 0 Å². The second-order valence-electron chi connectivity index (χ2n) is 8.02. The molecule has 2 atom stereocenters. The molecule has 0 saturated heterocycles. The number of carboxylic acid groups (broad SMARTS) is 1. The first-order chi connectivity index (χ1) is 15.9. The van der Waals surface area contributed by atoms with Gasteiger partial charge in [0.05, 0.1) is 6.42 Å². The van der Waals surface area contributed by atoms with Gasteiger partial charge in [-0.1, -0.05) is 55.5 Å². The number of carboxylic acids is 1. The van der Waals surface area contributed by atoms with E-state index < -0.39 is 30.1 Å². The molecule has 3 rings (SSSR count). The molecule has 33 heavy (non-hydrogen) atoms. The zero-order valence-corrected chi connectivity index (χ0v) is 19.7. The van der Waals surface area contributed by atoms with Gasteiger partial charge in [0.25, 0.3) is 0 Å². The van der Waals surface area contributed by atoms with Crippen molar-refractivity contribution in [3.05, 3.63) is 59.7 Å². The Morgan fingerprint density at radius 3 is 2.18 bits per heavy atom. The van der Waals surface area contributed by atoms with Crippen LogP contribution in [0.15, 0.2) is 48.5 Å². The Morgan fingerprint density at radius 2 is 1.64 bits per heavy atom. The van der Waals surface area contributed by atoms with Crippen LogP contribution in [0, 0.1) is 0 Å². The van der Waals surface area contributed by atoms with Gasteiger partial charge >= 0.3 is 12.1 Å². The summed E-state index contributed by atoms with van der Waals surface area (Å²) in [6.07, 6.45) is 1.99. The lowest BCUT2D eigenvalue weighted by atomic mass is 9.98. The monoisotopic (exact) mass is 470 g/mol. The Morgan fingerprint density at radius 1 is 1.03 bits per heavy atom. The molecule has 7 nitrogen and oxygen atoms in total. The van der Waals surface area contributed by atoms with Crippen LogP contribution in [0.1, 0.15) is 43.2 Å². The Balaban J connectivity index is 1.64. The number of rotatable bonds is 11. The van der Waals surface area contributed by atoms with Gasteiger partial charge in [-0.2, -0.15) is 11.8 Å². The van der Waals surface area contributed by atoms with Crippen LogP contribution < -0.4 is 10.6 Å². The first-order valence-corrected chi connectivity index (χ1v) is 12.5. The van der Waals surface area contributed by atoms with Crippen molar-refractivity contribution in [2.75, 3.05) is 18.6 Å². The molecule has 2 aromatic carbocycles. The van der Waals surface area contributed by atoms with Crippen LogP contribution in [-0.2, 0) is 14.3 Å². The Bertz CT molecular complexity index is 951. The number of ether oxygens (including phenoxy) is 1. The molecule has 0 saturated carbocycles. The first kappa shape index (κ1) is 24.6. The first-order valence-electron chi connectivity index (χ1n) is 11.1. The highest BCUT2D eigenvalue weighted by Gasteiger charge is 2.30. The molecule has 2 amide bonds. The number of thioether (sulfide) groups is 1. The molecule has 0 unspecified atom stereocenters. The number of benzene rings is 2. The average molecular weight is 471 g/mol. The second-order valence-corrected chi connectivity index (χ2v) is 9.00. The van der Waals surface area contributed by atoms with Crippen LogP contribution in [0.3, 0.4) is 0 Å². The normalized spacial score (nSPS) is 14.0. The van der Waals surface area contributed by atoms with Gasteiger partial charge in [-0.3, -0.25) is 9.59 Å². The number of hydrogen-bond donors (Lipinski definition) is 3. The largest absolute Gasteiger partial charge is 0.481 e. The van der Waals surface area contributed by atoms with Gasteiger partial charge in [0.15, 0.2) is 0 Å². The summed E-state index contributed by atoms with van der Waals surface area (Å²) in [5.74, 6) is -0.781. The summed E-state index contributed by atoms with van der Waals surface area (Å²) in [4.78, 5) is 36.4. The number of carbonyl (C=O) groups excluding carboxylic acids is 2. The van der Waals surface area contributed by atoms with E-state index >= 15 is 0 Å². The minimum absolute atomic E-state index is 0.0679. The number of aliphatic carboxylic acids is 1. The van der Waals surface area contributed by atoms with Crippen LogP contribution in [0.5, 0.6) is 0 Å². The standard InChI is InChI=1S/C25H30N2O5S/c1-3-16(14-23(28)29)26-24(30)22(12-13-33-2)27-25(31)32-15-21-19-10-6-4-8-17(19)18-9-5-7-11-20(18)21/h4-11,16,21-22H,3,12-15H2,1-2H3,(H,26,30)(H,27,31)(H,28,29)/t16-,22-/m1/s1.